The summed E-state index contributed by atoms with van der Waals surface area (Å²) in [5.41, 5.74) is 4.96. The van der Waals surface area contributed by atoms with Crippen LogP contribution in [0.5, 0.6) is 0 Å². The first kappa shape index (κ1) is 23.2. The van der Waals surface area contributed by atoms with Crippen molar-refractivity contribution in [2.45, 2.75) is 58.4 Å². The van der Waals surface area contributed by atoms with E-state index in [1.807, 2.05) is 40.7 Å². The Balaban J connectivity index is 2.36. The van der Waals surface area contributed by atoms with Crippen molar-refractivity contribution in [1.29, 1.82) is 0 Å². The third-order valence-electron chi connectivity index (χ3n) is 4.69. The number of rotatable bonds is 3. The van der Waals surface area contributed by atoms with Crippen molar-refractivity contribution in [3.63, 3.8) is 0 Å². The average molecular weight is 419 g/mol. The number of benzene rings is 1. The van der Waals surface area contributed by atoms with E-state index in [9.17, 15) is 19.6 Å². The van der Waals surface area contributed by atoms with E-state index in [1.165, 1.54) is 17.2 Å². The van der Waals surface area contributed by atoms with Crippen LogP contribution in [0, 0.1) is 13.8 Å². The Hall–Kier alpha value is -2.09. The van der Waals surface area contributed by atoms with Gasteiger partial charge in [0.2, 0.25) is 0 Å². The first-order chi connectivity index (χ1) is 13.2. The zero-order valence-corrected chi connectivity index (χ0v) is 18.5. The molecule has 156 valence electrons. The number of aryl methyl sites for hydroxylation is 2. The highest BCUT2D eigenvalue weighted by Crippen LogP contribution is 2.36. The van der Waals surface area contributed by atoms with Crippen LogP contribution in [0.4, 0.5) is 0 Å². The molecule has 0 saturated heterocycles. The van der Waals surface area contributed by atoms with Gasteiger partial charge < -0.3 is 10.0 Å². The fourth-order valence-electron chi connectivity index (χ4n) is 3.30. The van der Waals surface area contributed by atoms with Crippen molar-refractivity contribution < 1.29 is 19.6 Å². The average Bonchev–Trinajstić information content (AvgIpc) is 2.55. The maximum absolute atomic E-state index is 13.2. The van der Waals surface area contributed by atoms with Crippen molar-refractivity contribution in [3.05, 3.63) is 58.1 Å². The van der Waals surface area contributed by atoms with Gasteiger partial charge in [0, 0.05) is 11.1 Å². The van der Waals surface area contributed by atoms with E-state index < -0.39 is 23.4 Å². The predicted octanol–water partition coefficient (Wildman–Crippen LogP) is 2.84. The first-order valence-corrected chi connectivity index (χ1v) is 9.80. The Morgan fingerprint density at radius 3 is 2.14 bits per heavy atom. The van der Waals surface area contributed by atoms with Gasteiger partial charge in [-0.1, -0.05) is 29.3 Å². The normalized spacial score (nSPS) is 19.2. The molecule has 0 radical (unpaired) electrons. The summed E-state index contributed by atoms with van der Waals surface area (Å²) in [5, 5.41) is 20.1. The lowest BCUT2D eigenvalue weighted by Gasteiger charge is -2.37. The SMILES string of the molecule is Cc1cc(C)cc(C(=O)N(NC(=O)C2=CC=C(B(O)O)CC2(C)Cl)C(C)(C)C)c1. The number of hydrogen-bond donors (Lipinski definition) is 3. The molecular formula is C21H28BClN2O4. The van der Waals surface area contributed by atoms with Gasteiger partial charge in [0.25, 0.3) is 11.8 Å². The van der Waals surface area contributed by atoms with Crippen molar-refractivity contribution in [1.82, 2.24) is 10.4 Å². The molecule has 1 aromatic rings. The second-order valence-corrected chi connectivity index (χ2v) is 9.53. The smallest absolute Gasteiger partial charge is 0.423 e. The number of allylic oxidation sites excluding steroid dienone is 3. The lowest BCUT2D eigenvalue weighted by atomic mass is 9.70. The van der Waals surface area contributed by atoms with Gasteiger partial charge in [-0.2, -0.15) is 0 Å². The van der Waals surface area contributed by atoms with Gasteiger partial charge in [-0.25, -0.2) is 5.01 Å². The van der Waals surface area contributed by atoms with Crippen LogP contribution in [0.1, 0.15) is 55.6 Å². The highest BCUT2D eigenvalue weighted by atomic mass is 35.5. The number of nitrogens with zero attached hydrogens (tertiary/aromatic N) is 1. The molecule has 0 bridgehead atoms. The van der Waals surface area contributed by atoms with Crippen LogP contribution in [0.25, 0.3) is 0 Å². The van der Waals surface area contributed by atoms with Crippen LogP contribution in [0.3, 0.4) is 0 Å². The van der Waals surface area contributed by atoms with Crippen LogP contribution < -0.4 is 5.43 Å². The van der Waals surface area contributed by atoms with Crippen molar-refractivity contribution in [2.24, 2.45) is 0 Å². The lowest BCUT2D eigenvalue weighted by molar-refractivity contribution is -0.123. The number of halogens is 1. The molecule has 0 heterocycles. The molecule has 1 atom stereocenters. The number of amides is 2. The topological polar surface area (TPSA) is 89.9 Å². The molecule has 8 heteroatoms. The maximum Gasteiger partial charge on any atom is 0.484 e. The van der Waals surface area contributed by atoms with Crippen LogP contribution in [-0.2, 0) is 4.79 Å². The molecule has 2 rings (SSSR count). The number of nitrogens with one attached hydrogen (secondary N) is 1. The number of hydrogen-bond acceptors (Lipinski definition) is 4. The molecule has 0 aromatic heterocycles. The molecule has 0 saturated carbocycles. The molecule has 0 fully saturated rings. The number of alkyl halides is 1. The minimum Gasteiger partial charge on any atom is -0.423 e. The quantitative estimate of drug-likeness (QED) is 0.400. The Morgan fingerprint density at radius 2 is 1.69 bits per heavy atom. The van der Waals surface area contributed by atoms with Crippen molar-refractivity contribution in [2.75, 3.05) is 0 Å². The van der Waals surface area contributed by atoms with Gasteiger partial charge in [0.15, 0.2) is 0 Å². The molecule has 2 amide bonds. The summed E-state index contributed by atoms with van der Waals surface area (Å²) in [7, 11) is -1.63. The van der Waals surface area contributed by atoms with Crippen LogP contribution in [0.15, 0.2) is 41.4 Å². The maximum atomic E-state index is 13.2. The molecule has 1 unspecified atom stereocenters. The van der Waals surface area contributed by atoms with Crippen LogP contribution >= 0.6 is 11.6 Å². The number of carbonyl (C=O) groups excluding carboxylic acids is 2. The summed E-state index contributed by atoms with van der Waals surface area (Å²) in [6.45, 7) is 10.9. The van der Waals surface area contributed by atoms with Gasteiger partial charge in [-0.05, 0) is 65.6 Å². The molecule has 1 aliphatic carbocycles. The van der Waals surface area contributed by atoms with Crippen molar-refractivity contribution >= 4 is 30.5 Å². The Labute approximate surface area is 177 Å². The largest absolute Gasteiger partial charge is 0.484 e. The summed E-state index contributed by atoms with van der Waals surface area (Å²) >= 11 is 6.51. The fourth-order valence-corrected chi connectivity index (χ4v) is 3.61. The summed E-state index contributed by atoms with van der Waals surface area (Å²) < 4.78 is 0. The van der Waals surface area contributed by atoms with Gasteiger partial charge in [0.1, 0.15) is 0 Å². The Bertz CT molecular complexity index is 865. The van der Waals surface area contributed by atoms with E-state index in [0.717, 1.165) is 11.1 Å². The standard InChI is InChI=1S/C21H28BClN2O4/c1-13-9-14(2)11-15(10-13)19(27)25(20(3,4)5)24-18(26)17-8-7-16(22(28)29)12-21(17,6)23/h7-11,28-29H,12H2,1-6H3,(H,24,26). The highest BCUT2D eigenvalue weighted by molar-refractivity contribution is 6.51. The summed E-state index contributed by atoms with van der Waals surface area (Å²) in [6, 6.07) is 5.54. The van der Waals surface area contributed by atoms with E-state index in [4.69, 9.17) is 11.6 Å². The van der Waals surface area contributed by atoms with Gasteiger partial charge in [0.05, 0.1) is 10.4 Å². The highest BCUT2D eigenvalue weighted by Gasteiger charge is 2.39. The van der Waals surface area contributed by atoms with E-state index in [1.54, 1.807) is 19.1 Å². The Morgan fingerprint density at radius 1 is 1.14 bits per heavy atom. The lowest BCUT2D eigenvalue weighted by Crippen LogP contribution is -2.57. The molecule has 1 aromatic carbocycles. The second kappa shape index (κ2) is 8.34. The number of hydrazine groups is 1. The number of carbonyl (C=O) groups is 2. The molecule has 0 spiro atoms. The van der Waals surface area contributed by atoms with E-state index in [2.05, 4.69) is 5.43 Å². The van der Waals surface area contributed by atoms with E-state index >= 15 is 0 Å². The van der Waals surface area contributed by atoms with Gasteiger partial charge >= 0.3 is 7.12 Å². The van der Waals surface area contributed by atoms with Gasteiger partial charge in [-0.15, -0.1) is 11.6 Å². The molecule has 1 aliphatic rings. The molecule has 0 aliphatic heterocycles. The van der Waals surface area contributed by atoms with Crippen molar-refractivity contribution in [3.8, 4) is 0 Å². The minimum atomic E-state index is -1.63. The molecule has 6 nitrogen and oxygen atoms in total. The molecule has 3 N–H and O–H groups in total. The zero-order valence-electron chi connectivity index (χ0n) is 17.7. The molecule has 29 heavy (non-hydrogen) atoms. The third kappa shape index (κ3) is 5.50. The fraction of sp³-hybridized carbons (Fsp3) is 0.429. The minimum absolute atomic E-state index is 0.103. The van der Waals surface area contributed by atoms with E-state index in [-0.39, 0.29) is 17.9 Å². The molecular weight excluding hydrogens is 391 g/mol. The van der Waals surface area contributed by atoms with Crippen LogP contribution in [-0.4, -0.2) is 44.4 Å². The monoisotopic (exact) mass is 418 g/mol. The predicted molar refractivity (Wildman–Crippen MR) is 115 cm³/mol. The third-order valence-corrected chi connectivity index (χ3v) is 5.03. The summed E-state index contributed by atoms with van der Waals surface area (Å²) in [4.78, 5) is 25.1. The first-order valence-electron chi connectivity index (χ1n) is 9.42. The zero-order chi connectivity index (χ0) is 22.1. The van der Waals surface area contributed by atoms with Gasteiger partial charge in [-0.3, -0.25) is 15.0 Å². The second-order valence-electron chi connectivity index (χ2n) is 8.70. The van der Waals surface area contributed by atoms with E-state index in [0.29, 0.717) is 11.0 Å². The Kier molecular flexibility index (Phi) is 6.67. The van der Waals surface area contributed by atoms with Crippen LogP contribution in [0.2, 0.25) is 0 Å². The summed E-state index contributed by atoms with van der Waals surface area (Å²) in [5.74, 6) is -0.842. The summed E-state index contributed by atoms with van der Waals surface area (Å²) in [6.07, 6.45) is 3.03.